The number of hydrogen-bond donors (Lipinski definition) is 2. The van der Waals surface area contributed by atoms with Crippen LogP contribution in [-0.4, -0.2) is 65.9 Å². The van der Waals surface area contributed by atoms with E-state index in [0.29, 0.717) is 38.3 Å². The van der Waals surface area contributed by atoms with Crippen LogP contribution in [0.25, 0.3) is 0 Å². The molecule has 4 atom stereocenters. The van der Waals surface area contributed by atoms with E-state index in [1.54, 1.807) is 11.9 Å². The molecular weight excluding hydrogens is 468 g/mol. The number of unbranched alkanes of at least 4 members (excludes halogenated alkanes) is 1. The molecule has 31 heavy (non-hydrogen) atoms. The monoisotopic (exact) mass is 496 g/mol. The topological polar surface area (TPSA) is 102 Å². The van der Waals surface area contributed by atoms with E-state index in [0.717, 1.165) is 23.9 Å². The zero-order chi connectivity index (χ0) is 22.2. The van der Waals surface area contributed by atoms with Crippen molar-refractivity contribution in [3.63, 3.8) is 0 Å². The first kappa shape index (κ1) is 22.1. The van der Waals surface area contributed by atoms with Crippen LogP contribution in [0.5, 0.6) is 0 Å². The van der Waals surface area contributed by atoms with Gasteiger partial charge >= 0.3 is 6.09 Å². The molecule has 1 aromatic heterocycles. The summed E-state index contributed by atoms with van der Waals surface area (Å²) in [6, 6.07) is 3.55. The maximum Gasteiger partial charge on any atom is 0.407 e. The molecule has 3 amide bonds. The predicted octanol–water partition coefficient (Wildman–Crippen LogP) is 2.42. The minimum Gasteiger partial charge on any atom is -0.450 e. The molecular formula is C21H29BrN4O5. The first-order valence-electron chi connectivity index (χ1n) is 10.9. The number of likely N-dealkylation sites (tertiary alicyclic amines) is 1. The number of nitrogens with one attached hydrogen (secondary N) is 2. The van der Waals surface area contributed by atoms with Crippen LogP contribution in [-0.2, 0) is 14.3 Å². The fraction of sp³-hybridized carbons (Fsp3) is 0.667. The summed E-state index contributed by atoms with van der Waals surface area (Å²) in [5, 5.41) is 5.85. The van der Waals surface area contributed by atoms with Crippen LogP contribution in [0.2, 0.25) is 0 Å². The number of hydrogen-bond acceptors (Lipinski definition) is 5. The largest absolute Gasteiger partial charge is 0.450 e. The van der Waals surface area contributed by atoms with Gasteiger partial charge in [0.2, 0.25) is 5.91 Å². The quantitative estimate of drug-likeness (QED) is 0.538. The van der Waals surface area contributed by atoms with Gasteiger partial charge in [0.1, 0.15) is 11.4 Å². The number of halogens is 1. The number of carbonyl (C=O) groups excluding carboxylic acids is 3. The number of ether oxygens (including phenoxy) is 2. The molecule has 4 rings (SSSR count). The van der Waals surface area contributed by atoms with Crippen LogP contribution < -0.4 is 10.6 Å². The van der Waals surface area contributed by atoms with Crippen LogP contribution in [0.15, 0.2) is 16.7 Å². The summed E-state index contributed by atoms with van der Waals surface area (Å²) < 4.78 is 14.3. The minimum atomic E-state index is -0.738. The van der Waals surface area contributed by atoms with E-state index in [2.05, 4.69) is 26.6 Å². The van der Waals surface area contributed by atoms with E-state index in [9.17, 15) is 14.4 Å². The lowest BCUT2D eigenvalue weighted by Gasteiger charge is -2.36. The zero-order valence-electron chi connectivity index (χ0n) is 17.9. The van der Waals surface area contributed by atoms with E-state index in [1.807, 2.05) is 23.6 Å². The van der Waals surface area contributed by atoms with Crippen molar-refractivity contribution in [1.82, 2.24) is 20.1 Å². The zero-order valence-corrected chi connectivity index (χ0v) is 19.4. The normalized spacial score (nSPS) is 28.7. The Bertz CT molecular complexity index is 874. The van der Waals surface area contributed by atoms with Gasteiger partial charge in [0, 0.05) is 39.0 Å². The lowest BCUT2D eigenvalue weighted by atomic mass is 9.95. The van der Waals surface area contributed by atoms with Gasteiger partial charge in [-0.1, -0.05) is 6.92 Å². The summed E-state index contributed by atoms with van der Waals surface area (Å²) in [7, 11) is 1.79. The van der Waals surface area contributed by atoms with Crippen molar-refractivity contribution in [3.8, 4) is 0 Å². The molecule has 170 valence electrons. The summed E-state index contributed by atoms with van der Waals surface area (Å²) in [6.45, 7) is 3.34. The highest BCUT2D eigenvalue weighted by atomic mass is 79.9. The number of aromatic nitrogens is 1. The second kappa shape index (κ2) is 8.82. The molecule has 2 N–H and O–H groups in total. The summed E-state index contributed by atoms with van der Waals surface area (Å²) in [4.78, 5) is 38.4. The van der Waals surface area contributed by atoms with Crippen molar-refractivity contribution < 1.29 is 23.9 Å². The van der Waals surface area contributed by atoms with Crippen LogP contribution in [0.3, 0.4) is 0 Å². The second-order valence-electron chi connectivity index (χ2n) is 8.41. The molecule has 0 spiro atoms. The Hall–Kier alpha value is -2.07. The number of amides is 3. The lowest BCUT2D eigenvalue weighted by molar-refractivity contribution is -0.161. The maximum absolute atomic E-state index is 12.6. The van der Waals surface area contributed by atoms with Crippen molar-refractivity contribution in [2.24, 2.45) is 5.92 Å². The third-order valence-corrected chi connectivity index (χ3v) is 7.27. The second-order valence-corrected chi connectivity index (χ2v) is 9.22. The number of rotatable bonds is 8. The van der Waals surface area contributed by atoms with Gasteiger partial charge in [-0.15, -0.1) is 0 Å². The van der Waals surface area contributed by atoms with Gasteiger partial charge in [0.15, 0.2) is 0 Å². The Morgan fingerprint density at radius 2 is 2.13 bits per heavy atom. The number of carbonyl (C=O) groups is 3. The van der Waals surface area contributed by atoms with Gasteiger partial charge in [-0.25, -0.2) is 4.79 Å². The summed E-state index contributed by atoms with van der Waals surface area (Å²) in [5.74, 6) is -0.190. The van der Waals surface area contributed by atoms with E-state index < -0.39 is 11.8 Å². The molecule has 0 unspecified atom stereocenters. The van der Waals surface area contributed by atoms with Gasteiger partial charge < -0.3 is 29.6 Å². The van der Waals surface area contributed by atoms with Crippen molar-refractivity contribution in [1.29, 1.82) is 0 Å². The van der Waals surface area contributed by atoms with Gasteiger partial charge in [-0.2, -0.15) is 0 Å². The Morgan fingerprint density at radius 3 is 2.90 bits per heavy atom. The summed E-state index contributed by atoms with van der Waals surface area (Å²) >= 11 is 3.57. The van der Waals surface area contributed by atoms with Crippen LogP contribution in [0.4, 0.5) is 4.79 Å². The molecule has 0 aromatic carbocycles. The number of fused-ring (bicyclic) bond motifs is 5. The van der Waals surface area contributed by atoms with Gasteiger partial charge in [0.25, 0.3) is 5.91 Å². The average molecular weight is 497 g/mol. The van der Waals surface area contributed by atoms with E-state index in [-0.39, 0.29) is 29.8 Å². The summed E-state index contributed by atoms with van der Waals surface area (Å²) in [5.41, 5.74) is -0.114. The molecule has 0 bridgehead atoms. The molecule has 2 fully saturated rings. The van der Waals surface area contributed by atoms with Crippen molar-refractivity contribution >= 4 is 33.8 Å². The third-order valence-electron chi connectivity index (χ3n) is 6.63. The first-order valence-corrected chi connectivity index (χ1v) is 11.7. The molecule has 3 aliphatic rings. The Morgan fingerprint density at radius 1 is 1.32 bits per heavy atom. The average Bonchev–Trinajstić information content (AvgIpc) is 3.35. The van der Waals surface area contributed by atoms with Crippen molar-refractivity contribution in [2.75, 3.05) is 26.8 Å². The predicted molar refractivity (Wildman–Crippen MR) is 115 cm³/mol. The molecule has 0 radical (unpaired) electrons. The number of nitrogens with zero attached hydrogens (tertiary/aromatic N) is 2. The minimum absolute atomic E-state index is 0.0210. The molecule has 3 heterocycles. The highest BCUT2D eigenvalue weighted by Gasteiger charge is 2.64. The highest BCUT2D eigenvalue weighted by molar-refractivity contribution is 9.10. The first-order chi connectivity index (χ1) is 14.9. The van der Waals surface area contributed by atoms with Gasteiger partial charge in [0.05, 0.1) is 23.3 Å². The third kappa shape index (κ3) is 3.84. The summed E-state index contributed by atoms with van der Waals surface area (Å²) in [6.07, 6.45) is 2.86. The standard InChI is InChI=1S/C21H29BrN4O5/c1-3-9-30-20(29)23-8-4-5-10-31-21-12-15-18(13(21)11-17(27)25(21)2)24-19(28)14-6-7-16(22)26(14)15/h6-7,13,15,18H,3-5,8-12H2,1-2H3,(H,23,29)(H,24,28)/t13-,15+,18-,21-/m0/s1. The van der Waals surface area contributed by atoms with Gasteiger partial charge in [-0.3, -0.25) is 9.59 Å². The molecule has 1 saturated heterocycles. The Kier molecular flexibility index (Phi) is 6.30. The van der Waals surface area contributed by atoms with Crippen LogP contribution >= 0.6 is 15.9 Å². The number of alkyl carbamates (subject to hydrolysis) is 1. The van der Waals surface area contributed by atoms with E-state index in [1.165, 1.54) is 0 Å². The lowest BCUT2D eigenvalue weighted by Crippen LogP contribution is -2.51. The van der Waals surface area contributed by atoms with E-state index in [4.69, 9.17) is 9.47 Å². The van der Waals surface area contributed by atoms with Gasteiger partial charge in [-0.05, 0) is 47.3 Å². The smallest absolute Gasteiger partial charge is 0.407 e. The molecule has 1 aliphatic carbocycles. The fourth-order valence-corrected chi connectivity index (χ4v) is 5.72. The van der Waals surface area contributed by atoms with Crippen LogP contribution in [0, 0.1) is 5.92 Å². The van der Waals surface area contributed by atoms with Crippen molar-refractivity contribution in [3.05, 3.63) is 22.4 Å². The fourth-order valence-electron chi connectivity index (χ4n) is 5.13. The highest BCUT2D eigenvalue weighted by Crippen LogP contribution is 2.54. The Balaban J connectivity index is 1.39. The molecule has 1 aromatic rings. The maximum atomic E-state index is 12.6. The molecule has 1 saturated carbocycles. The SMILES string of the molecule is CCCOC(=O)NCCCCO[C@@]12C[C@@H]3[C@@H](NC(=O)c4ccc(Br)n43)[C@@H]1CC(=O)N2C. The molecule has 10 heteroatoms. The van der Waals surface area contributed by atoms with Crippen LogP contribution in [0.1, 0.15) is 55.6 Å². The molecule has 9 nitrogen and oxygen atoms in total. The Labute approximate surface area is 189 Å². The van der Waals surface area contributed by atoms with Crippen molar-refractivity contribution in [2.45, 2.75) is 56.8 Å². The molecule has 2 aliphatic heterocycles. The van der Waals surface area contributed by atoms with E-state index >= 15 is 0 Å².